The SMILES string of the molecule is CC(CCC(=O)O)NC(=O)CCSc1ccccc1F. The van der Waals surface area contributed by atoms with Crippen LogP contribution in [0.1, 0.15) is 26.2 Å². The van der Waals surface area contributed by atoms with E-state index < -0.39 is 5.97 Å². The first-order valence-corrected chi connectivity index (χ1v) is 7.36. The molecule has 0 aliphatic carbocycles. The smallest absolute Gasteiger partial charge is 0.303 e. The first kappa shape index (κ1) is 16.5. The van der Waals surface area contributed by atoms with Gasteiger partial charge in [-0.25, -0.2) is 4.39 Å². The molecule has 4 nitrogen and oxygen atoms in total. The molecule has 0 heterocycles. The van der Waals surface area contributed by atoms with Gasteiger partial charge in [0.25, 0.3) is 0 Å². The lowest BCUT2D eigenvalue weighted by molar-refractivity contribution is -0.137. The van der Waals surface area contributed by atoms with Gasteiger partial charge in [-0.2, -0.15) is 0 Å². The normalized spacial score (nSPS) is 11.9. The third kappa shape index (κ3) is 6.56. The number of carbonyl (C=O) groups is 2. The summed E-state index contributed by atoms with van der Waals surface area (Å²) >= 11 is 1.29. The highest BCUT2D eigenvalue weighted by Crippen LogP contribution is 2.21. The zero-order valence-corrected chi connectivity index (χ0v) is 12.1. The molecule has 1 rings (SSSR count). The molecule has 1 amide bonds. The molecule has 6 heteroatoms. The fourth-order valence-electron chi connectivity index (χ4n) is 1.57. The molecule has 1 aromatic carbocycles. The molecule has 110 valence electrons. The summed E-state index contributed by atoms with van der Waals surface area (Å²) in [5.41, 5.74) is 0. The summed E-state index contributed by atoms with van der Waals surface area (Å²) in [6.07, 6.45) is 0.712. The van der Waals surface area contributed by atoms with Gasteiger partial charge < -0.3 is 10.4 Å². The maximum absolute atomic E-state index is 13.3. The van der Waals surface area contributed by atoms with Crippen molar-refractivity contribution in [2.75, 3.05) is 5.75 Å². The summed E-state index contributed by atoms with van der Waals surface area (Å²) in [5.74, 6) is -0.820. The lowest BCUT2D eigenvalue weighted by Crippen LogP contribution is -2.33. The Morgan fingerprint density at radius 1 is 1.35 bits per heavy atom. The first-order chi connectivity index (χ1) is 9.49. The zero-order chi connectivity index (χ0) is 15.0. The molecule has 1 atom stereocenters. The van der Waals surface area contributed by atoms with Gasteiger partial charge >= 0.3 is 5.97 Å². The van der Waals surface area contributed by atoms with Crippen LogP contribution >= 0.6 is 11.8 Å². The van der Waals surface area contributed by atoms with Gasteiger partial charge in [0.05, 0.1) is 0 Å². The lowest BCUT2D eigenvalue weighted by Gasteiger charge is -2.12. The van der Waals surface area contributed by atoms with E-state index >= 15 is 0 Å². The van der Waals surface area contributed by atoms with Crippen molar-refractivity contribution in [3.8, 4) is 0 Å². The number of carboxylic acid groups (broad SMARTS) is 1. The van der Waals surface area contributed by atoms with E-state index in [0.717, 1.165) is 0 Å². The van der Waals surface area contributed by atoms with Crippen LogP contribution < -0.4 is 5.32 Å². The minimum atomic E-state index is -0.874. The van der Waals surface area contributed by atoms with Crippen molar-refractivity contribution < 1.29 is 19.1 Å². The van der Waals surface area contributed by atoms with E-state index in [-0.39, 0.29) is 30.6 Å². The molecular weight excluding hydrogens is 281 g/mol. The number of carbonyl (C=O) groups excluding carboxylic acids is 1. The summed E-state index contributed by atoms with van der Waals surface area (Å²) in [7, 11) is 0. The number of thioether (sulfide) groups is 1. The van der Waals surface area contributed by atoms with E-state index in [2.05, 4.69) is 5.32 Å². The summed E-state index contributed by atoms with van der Waals surface area (Å²) in [5, 5.41) is 11.3. The van der Waals surface area contributed by atoms with E-state index in [1.807, 2.05) is 0 Å². The Hall–Kier alpha value is -1.56. The van der Waals surface area contributed by atoms with Crippen LogP contribution in [0, 0.1) is 5.82 Å². The predicted molar refractivity (Wildman–Crippen MR) is 76.2 cm³/mol. The van der Waals surface area contributed by atoms with Gasteiger partial charge in [-0.3, -0.25) is 9.59 Å². The summed E-state index contributed by atoms with van der Waals surface area (Å²) in [4.78, 5) is 22.5. The number of carboxylic acids is 1. The molecule has 0 saturated carbocycles. The van der Waals surface area contributed by atoms with E-state index in [1.54, 1.807) is 25.1 Å². The van der Waals surface area contributed by atoms with Gasteiger partial charge in [0.1, 0.15) is 5.82 Å². The molecule has 1 unspecified atom stereocenters. The molecule has 0 aliphatic heterocycles. The van der Waals surface area contributed by atoms with Crippen LogP contribution in [0.2, 0.25) is 0 Å². The molecule has 0 aromatic heterocycles. The number of rotatable bonds is 8. The van der Waals surface area contributed by atoms with E-state index in [1.165, 1.54) is 17.8 Å². The van der Waals surface area contributed by atoms with Crippen LogP contribution in [0.4, 0.5) is 4.39 Å². The standard InChI is InChI=1S/C14H18FNO3S/c1-10(6-7-14(18)19)16-13(17)8-9-20-12-5-3-2-4-11(12)15/h2-5,10H,6-9H2,1H3,(H,16,17)(H,18,19). The second kappa shape index (κ2) is 8.58. The third-order valence-electron chi connectivity index (χ3n) is 2.62. The topological polar surface area (TPSA) is 66.4 Å². The minimum absolute atomic E-state index is 0.0332. The molecule has 0 aliphatic rings. The van der Waals surface area contributed by atoms with Crippen molar-refractivity contribution in [3.63, 3.8) is 0 Å². The van der Waals surface area contributed by atoms with Gasteiger partial charge in [-0.1, -0.05) is 12.1 Å². The molecule has 0 saturated heterocycles. The summed E-state index contributed by atoms with van der Waals surface area (Å²) in [6, 6.07) is 6.26. The molecule has 20 heavy (non-hydrogen) atoms. The van der Waals surface area contributed by atoms with Gasteiger partial charge in [0.2, 0.25) is 5.91 Å². The number of benzene rings is 1. The molecule has 0 fully saturated rings. The lowest BCUT2D eigenvalue weighted by atomic mass is 10.2. The predicted octanol–water partition coefficient (Wildman–Crippen LogP) is 2.68. The molecule has 2 N–H and O–H groups in total. The highest BCUT2D eigenvalue weighted by molar-refractivity contribution is 7.99. The van der Waals surface area contributed by atoms with Crippen molar-refractivity contribution in [1.82, 2.24) is 5.32 Å². The Labute approximate surface area is 121 Å². The fraction of sp³-hybridized carbons (Fsp3) is 0.429. The number of amides is 1. The van der Waals surface area contributed by atoms with Gasteiger partial charge in [-0.05, 0) is 25.5 Å². The number of nitrogens with one attached hydrogen (secondary N) is 1. The number of hydrogen-bond donors (Lipinski definition) is 2. The van der Waals surface area contributed by atoms with E-state index in [0.29, 0.717) is 17.1 Å². The largest absolute Gasteiger partial charge is 0.481 e. The maximum Gasteiger partial charge on any atom is 0.303 e. The summed E-state index contributed by atoms with van der Waals surface area (Å²) < 4.78 is 13.3. The fourth-order valence-corrected chi connectivity index (χ4v) is 2.46. The average Bonchev–Trinajstić information content (AvgIpc) is 2.38. The molecule has 1 aromatic rings. The van der Waals surface area contributed by atoms with E-state index in [9.17, 15) is 14.0 Å². The quantitative estimate of drug-likeness (QED) is 0.724. The minimum Gasteiger partial charge on any atom is -0.481 e. The molecule has 0 radical (unpaired) electrons. The zero-order valence-electron chi connectivity index (χ0n) is 11.3. The van der Waals surface area contributed by atoms with Crippen LogP contribution in [-0.4, -0.2) is 28.8 Å². The second-order valence-corrected chi connectivity index (χ2v) is 5.57. The van der Waals surface area contributed by atoms with Gasteiger partial charge in [0, 0.05) is 29.5 Å². The van der Waals surface area contributed by atoms with E-state index in [4.69, 9.17) is 5.11 Å². The van der Waals surface area contributed by atoms with Crippen molar-refractivity contribution in [2.45, 2.75) is 37.1 Å². The van der Waals surface area contributed by atoms with Crippen molar-refractivity contribution in [2.24, 2.45) is 0 Å². The summed E-state index contributed by atoms with van der Waals surface area (Å²) in [6.45, 7) is 1.77. The maximum atomic E-state index is 13.3. The Morgan fingerprint density at radius 3 is 2.70 bits per heavy atom. The molecular formula is C14H18FNO3S. The van der Waals surface area contributed by atoms with Crippen LogP contribution in [0.15, 0.2) is 29.2 Å². The Kier molecular flexibility index (Phi) is 7.08. The van der Waals surface area contributed by atoms with Gasteiger partial charge in [-0.15, -0.1) is 11.8 Å². The van der Waals surface area contributed by atoms with Crippen molar-refractivity contribution in [1.29, 1.82) is 0 Å². The Bertz CT molecular complexity index is 467. The van der Waals surface area contributed by atoms with Crippen LogP contribution in [-0.2, 0) is 9.59 Å². The number of aliphatic carboxylic acids is 1. The highest BCUT2D eigenvalue weighted by Gasteiger charge is 2.09. The molecule has 0 spiro atoms. The number of hydrogen-bond acceptors (Lipinski definition) is 3. The Morgan fingerprint density at radius 2 is 2.05 bits per heavy atom. The van der Waals surface area contributed by atoms with Crippen LogP contribution in [0.3, 0.4) is 0 Å². The third-order valence-corrected chi connectivity index (χ3v) is 3.67. The van der Waals surface area contributed by atoms with Gasteiger partial charge in [0.15, 0.2) is 0 Å². The Balaban J connectivity index is 2.23. The first-order valence-electron chi connectivity index (χ1n) is 6.37. The van der Waals surface area contributed by atoms with Crippen molar-refractivity contribution in [3.05, 3.63) is 30.1 Å². The van der Waals surface area contributed by atoms with Crippen molar-refractivity contribution >= 4 is 23.6 Å². The highest BCUT2D eigenvalue weighted by atomic mass is 32.2. The van der Waals surface area contributed by atoms with Crippen LogP contribution in [0.25, 0.3) is 0 Å². The second-order valence-electron chi connectivity index (χ2n) is 4.43. The van der Waals surface area contributed by atoms with Crippen LogP contribution in [0.5, 0.6) is 0 Å². The monoisotopic (exact) mass is 299 g/mol. The average molecular weight is 299 g/mol. The number of halogens is 1. The molecule has 0 bridgehead atoms.